The first-order valence-electron chi connectivity index (χ1n) is 36.0. The fourth-order valence-corrected chi connectivity index (χ4v) is 12.0. The van der Waals surface area contributed by atoms with Crippen molar-refractivity contribution in [3.63, 3.8) is 0 Å². The molecule has 3 unspecified atom stereocenters. The van der Waals surface area contributed by atoms with Crippen LogP contribution in [0.1, 0.15) is 350 Å². The molecule has 19 heteroatoms. The average molecular weight is 1300 g/mol. The van der Waals surface area contributed by atoms with E-state index in [2.05, 4.69) is 41.5 Å². The van der Waals surface area contributed by atoms with Gasteiger partial charge in [-0.05, 0) is 37.5 Å². The summed E-state index contributed by atoms with van der Waals surface area (Å²) in [4.78, 5) is 72.5. The molecule has 0 saturated carbocycles. The number of unbranched alkanes of at least 4 members (excludes halogenated alkanes) is 37. The van der Waals surface area contributed by atoms with E-state index in [1.54, 1.807) is 0 Å². The molecule has 0 radical (unpaired) electrons. The van der Waals surface area contributed by atoms with Gasteiger partial charge in [0.25, 0.3) is 0 Å². The minimum absolute atomic E-state index is 0.106. The molecule has 0 heterocycles. The topological polar surface area (TPSA) is 237 Å². The number of esters is 4. The second kappa shape index (κ2) is 61.3. The van der Waals surface area contributed by atoms with Crippen LogP contribution in [0, 0.1) is 11.8 Å². The third-order valence-electron chi connectivity index (χ3n) is 16.3. The monoisotopic (exact) mass is 1300 g/mol. The normalized spacial score (nSPS) is 14.5. The lowest BCUT2D eigenvalue weighted by Gasteiger charge is -2.21. The molecule has 17 nitrogen and oxygen atoms in total. The van der Waals surface area contributed by atoms with Crippen molar-refractivity contribution in [2.75, 3.05) is 39.6 Å². The van der Waals surface area contributed by atoms with E-state index < -0.39 is 97.5 Å². The van der Waals surface area contributed by atoms with Crippen molar-refractivity contribution < 1.29 is 80.2 Å². The summed E-state index contributed by atoms with van der Waals surface area (Å²) in [5, 5.41) is 10.6. The Balaban J connectivity index is 5.25. The Morgan fingerprint density at radius 2 is 0.580 bits per heavy atom. The van der Waals surface area contributed by atoms with Gasteiger partial charge in [0.05, 0.1) is 26.4 Å². The molecule has 0 aliphatic rings. The van der Waals surface area contributed by atoms with Crippen molar-refractivity contribution in [1.29, 1.82) is 0 Å². The van der Waals surface area contributed by atoms with Crippen LogP contribution in [-0.2, 0) is 65.4 Å². The Labute approximate surface area is 537 Å². The molecule has 0 amide bonds. The van der Waals surface area contributed by atoms with Crippen LogP contribution in [0.25, 0.3) is 0 Å². The number of rotatable bonds is 68. The molecule has 88 heavy (non-hydrogen) atoms. The van der Waals surface area contributed by atoms with E-state index in [0.29, 0.717) is 31.6 Å². The third-order valence-corrected chi connectivity index (χ3v) is 18.2. The standard InChI is InChI=1S/C69H134O17P2/c1-7-10-12-14-16-18-20-22-24-28-32-39-45-51-66(71)79-57-64(85-69(74)54-48-42-34-30-26-25-27-31-38-44-50-62(6)9-3)59-83-87(75,76)81-55-63(70)56-82-88(77,78)84-60-65(58-80-67(72)52-46-40-36-35-37-43-49-61(4)5)86-68(73)53-47-41-33-29-23-21-19-17-15-13-11-8-2/h61-65,70H,7-60H2,1-6H3,(H,75,76)(H,77,78)/t62?,63-,64-,65-/m1/s1. The van der Waals surface area contributed by atoms with Gasteiger partial charge < -0.3 is 33.8 Å². The molecule has 522 valence electrons. The van der Waals surface area contributed by atoms with E-state index in [1.165, 1.54) is 161 Å². The third kappa shape index (κ3) is 61.6. The predicted octanol–water partition coefficient (Wildman–Crippen LogP) is 19.6. The van der Waals surface area contributed by atoms with Crippen LogP contribution >= 0.6 is 15.6 Å². The number of carbonyl (C=O) groups is 4. The number of carbonyl (C=O) groups excluding carboxylic acids is 4. The Morgan fingerprint density at radius 1 is 0.330 bits per heavy atom. The summed E-state index contributed by atoms with van der Waals surface area (Å²) < 4.78 is 68.2. The van der Waals surface area contributed by atoms with Gasteiger partial charge in [0.15, 0.2) is 12.2 Å². The molecule has 0 fully saturated rings. The maximum absolute atomic E-state index is 13.0. The van der Waals surface area contributed by atoms with E-state index in [4.69, 9.17) is 37.0 Å². The van der Waals surface area contributed by atoms with E-state index in [0.717, 1.165) is 102 Å². The number of aliphatic hydroxyl groups is 1. The molecule has 0 saturated heterocycles. The molecule has 6 atom stereocenters. The summed E-state index contributed by atoms with van der Waals surface area (Å²) in [6, 6.07) is 0. The lowest BCUT2D eigenvalue weighted by Crippen LogP contribution is -2.30. The average Bonchev–Trinajstić information content (AvgIpc) is 3.68. The number of phosphoric acid groups is 2. The lowest BCUT2D eigenvalue weighted by molar-refractivity contribution is -0.161. The second-order valence-corrected chi connectivity index (χ2v) is 28.5. The molecule has 0 bridgehead atoms. The Hall–Kier alpha value is -1.94. The first kappa shape index (κ1) is 86.1. The van der Waals surface area contributed by atoms with Crippen molar-refractivity contribution in [1.82, 2.24) is 0 Å². The fourth-order valence-electron chi connectivity index (χ4n) is 10.4. The highest BCUT2D eigenvalue weighted by atomic mass is 31.2. The summed E-state index contributed by atoms with van der Waals surface area (Å²) in [6.45, 7) is 9.49. The quantitative estimate of drug-likeness (QED) is 0.0222. The largest absolute Gasteiger partial charge is 0.472 e. The van der Waals surface area contributed by atoms with E-state index in [1.807, 2.05) is 0 Å². The van der Waals surface area contributed by atoms with Gasteiger partial charge in [-0.2, -0.15) is 0 Å². The molecule has 0 rings (SSSR count). The second-order valence-electron chi connectivity index (χ2n) is 25.6. The van der Waals surface area contributed by atoms with Crippen molar-refractivity contribution >= 4 is 39.5 Å². The smallest absolute Gasteiger partial charge is 0.462 e. The van der Waals surface area contributed by atoms with Crippen LogP contribution in [0.4, 0.5) is 0 Å². The fraction of sp³-hybridized carbons (Fsp3) is 0.942. The number of hydrogen-bond acceptors (Lipinski definition) is 15. The van der Waals surface area contributed by atoms with Crippen LogP contribution in [0.15, 0.2) is 0 Å². The summed E-state index contributed by atoms with van der Waals surface area (Å²) in [5.74, 6) is -0.643. The van der Waals surface area contributed by atoms with Gasteiger partial charge in [-0.25, -0.2) is 9.13 Å². The van der Waals surface area contributed by atoms with Gasteiger partial charge >= 0.3 is 39.5 Å². The highest BCUT2D eigenvalue weighted by molar-refractivity contribution is 7.47. The van der Waals surface area contributed by atoms with Gasteiger partial charge in [0.1, 0.15) is 19.3 Å². The van der Waals surface area contributed by atoms with Crippen LogP contribution in [0.2, 0.25) is 0 Å². The van der Waals surface area contributed by atoms with Crippen LogP contribution < -0.4 is 0 Å². The number of hydrogen-bond donors (Lipinski definition) is 3. The molecular formula is C69H134O17P2. The zero-order valence-corrected chi connectivity index (χ0v) is 58.8. The van der Waals surface area contributed by atoms with E-state index >= 15 is 0 Å². The molecule has 0 aliphatic carbocycles. The van der Waals surface area contributed by atoms with Crippen molar-refractivity contribution in [3.05, 3.63) is 0 Å². The van der Waals surface area contributed by atoms with Crippen LogP contribution in [-0.4, -0.2) is 96.7 Å². The Bertz CT molecular complexity index is 1720. The SMILES string of the molecule is CCCCCCCCCCCCCCCC(=O)OC[C@H](COP(=O)(O)OC[C@@H](O)COP(=O)(O)OC[C@@H](COC(=O)CCCCCCCCC(C)C)OC(=O)CCCCCCCCCCCCCC)OC(=O)CCCCCCCCCCCCC(C)CC. The summed E-state index contributed by atoms with van der Waals surface area (Å²) >= 11 is 0. The Kier molecular flexibility index (Phi) is 59.9. The maximum atomic E-state index is 13.0. The van der Waals surface area contributed by atoms with Gasteiger partial charge in [-0.3, -0.25) is 37.3 Å². The summed E-state index contributed by atoms with van der Waals surface area (Å²) in [6.07, 6.45) is 45.7. The maximum Gasteiger partial charge on any atom is 0.472 e. The van der Waals surface area contributed by atoms with Gasteiger partial charge in [0, 0.05) is 25.7 Å². The van der Waals surface area contributed by atoms with E-state index in [9.17, 15) is 43.2 Å². The first-order valence-corrected chi connectivity index (χ1v) is 39.0. The molecular weight excluding hydrogens is 1160 g/mol. The zero-order valence-electron chi connectivity index (χ0n) is 57.0. The van der Waals surface area contributed by atoms with Gasteiger partial charge in [0.2, 0.25) is 0 Å². The minimum atomic E-state index is -4.95. The molecule has 0 aliphatic heterocycles. The van der Waals surface area contributed by atoms with E-state index in [-0.39, 0.29) is 25.7 Å². The summed E-state index contributed by atoms with van der Waals surface area (Å²) in [5.41, 5.74) is 0. The number of aliphatic hydroxyl groups excluding tert-OH is 1. The number of ether oxygens (including phenoxy) is 4. The van der Waals surface area contributed by atoms with Crippen molar-refractivity contribution in [3.8, 4) is 0 Å². The minimum Gasteiger partial charge on any atom is -0.462 e. The zero-order chi connectivity index (χ0) is 65.0. The van der Waals surface area contributed by atoms with Crippen molar-refractivity contribution in [2.24, 2.45) is 11.8 Å². The Morgan fingerprint density at radius 3 is 0.864 bits per heavy atom. The van der Waals surface area contributed by atoms with Gasteiger partial charge in [-0.15, -0.1) is 0 Å². The van der Waals surface area contributed by atoms with Crippen LogP contribution in [0.5, 0.6) is 0 Å². The van der Waals surface area contributed by atoms with Crippen LogP contribution in [0.3, 0.4) is 0 Å². The predicted molar refractivity (Wildman–Crippen MR) is 354 cm³/mol. The molecule has 0 aromatic rings. The highest BCUT2D eigenvalue weighted by Gasteiger charge is 2.30. The van der Waals surface area contributed by atoms with Crippen molar-refractivity contribution in [2.45, 2.75) is 368 Å². The molecule has 0 aromatic carbocycles. The molecule has 3 N–H and O–H groups in total. The summed E-state index contributed by atoms with van der Waals surface area (Å²) in [7, 11) is -9.90. The molecule has 0 spiro atoms. The highest BCUT2D eigenvalue weighted by Crippen LogP contribution is 2.45. The lowest BCUT2D eigenvalue weighted by atomic mass is 9.99. The number of phosphoric ester groups is 2. The molecule has 0 aromatic heterocycles. The van der Waals surface area contributed by atoms with Gasteiger partial charge in [-0.1, -0.05) is 298 Å². The first-order chi connectivity index (χ1) is 42.4.